The summed E-state index contributed by atoms with van der Waals surface area (Å²) in [4.78, 5) is 30.1. The number of carbonyl (C=O) groups is 1. The molecule has 1 aliphatic heterocycles. The monoisotopic (exact) mass is 336 g/mol. The Morgan fingerprint density at radius 3 is 2.71 bits per heavy atom. The summed E-state index contributed by atoms with van der Waals surface area (Å²) in [6.07, 6.45) is 2.36. The second-order valence-electron chi connectivity index (χ2n) is 5.80. The van der Waals surface area contributed by atoms with Crippen LogP contribution in [0.25, 0.3) is 0 Å². The third-order valence-electron chi connectivity index (χ3n) is 4.37. The van der Waals surface area contributed by atoms with Crippen molar-refractivity contribution in [2.75, 3.05) is 6.54 Å². The van der Waals surface area contributed by atoms with Crippen molar-refractivity contribution < 1.29 is 4.79 Å². The van der Waals surface area contributed by atoms with E-state index in [1.54, 1.807) is 17.4 Å². The number of benzene rings is 1. The number of nitrogens with one attached hydrogen (secondary N) is 1. The van der Waals surface area contributed by atoms with Gasteiger partial charge in [-0.15, -0.1) is 11.3 Å². The van der Waals surface area contributed by atoms with Gasteiger partial charge in [-0.2, -0.15) is 0 Å². The minimum atomic E-state index is -0.204. The number of hydrogen-bond acceptors (Lipinski definition) is 3. The quantitative estimate of drug-likeness (QED) is 0.781. The van der Waals surface area contributed by atoms with E-state index in [-0.39, 0.29) is 17.5 Å². The van der Waals surface area contributed by atoms with Crippen molar-refractivity contribution in [3.05, 3.63) is 92.0 Å². The lowest BCUT2D eigenvalue weighted by molar-refractivity contribution is 0.0695. The van der Waals surface area contributed by atoms with Crippen LogP contribution in [0.2, 0.25) is 0 Å². The van der Waals surface area contributed by atoms with Crippen LogP contribution < -0.4 is 5.56 Å². The maximum absolute atomic E-state index is 13.0. The van der Waals surface area contributed by atoms with Crippen LogP contribution in [0.15, 0.2) is 64.9 Å². The molecule has 0 radical (unpaired) electrons. The van der Waals surface area contributed by atoms with E-state index in [4.69, 9.17) is 0 Å². The van der Waals surface area contributed by atoms with Gasteiger partial charge in [0.2, 0.25) is 5.56 Å². The predicted molar refractivity (Wildman–Crippen MR) is 94.4 cm³/mol. The Labute approximate surface area is 143 Å². The molecule has 1 aromatic carbocycles. The lowest BCUT2D eigenvalue weighted by Gasteiger charge is -2.36. The van der Waals surface area contributed by atoms with Gasteiger partial charge >= 0.3 is 0 Å². The van der Waals surface area contributed by atoms with Crippen LogP contribution in [0.3, 0.4) is 0 Å². The number of nitrogens with zero attached hydrogens (tertiary/aromatic N) is 1. The molecule has 2 aromatic heterocycles. The van der Waals surface area contributed by atoms with E-state index in [9.17, 15) is 9.59 Å². The number of fused-ring (bicyclic) bond motifs is 1. The predicted octanol–water partition coefficient (Wildman–Crippen LogP) is 3.22. The first kappa shape index (κ1) is 14.9. The number of amides is 1. The zero-order chi connectivity index (χ0) is 16.5. The summed E-state index contributed by atoms with van der Waals surface area (Å²) in [7, 11) is 0. The Hall–Kier alpha value is -2.66. The Morgan fingerprint density at radius 2 is 1.96 bits per heavy atom. The van der Waals surface area contributed by atoms with Gasteiger partial charge in [0.05, 0.1) is 11.6 Å². The van der Waals surface area contributed by atoms with E-state index >= 15 is 0 Å². The summed E-state index contributed by atoms with van der Waals surface area (Å²) in [5.74, 6) is -0.0584. The molecule has 0 saturated carbocycles. The second kappa shape index (κ2) is 6.09. The average molecular weight is 336 g/mol. The van der Waals surface area contributed by atoms with Crippen molar-refractivity contribution in [3.8, 4) is 0 Å². The van der Waals surface area contributed by atoms with E-state index in [1.807, 2.05) is 23.1 Å². The van der Waals surface area contributed by atoms with Crippen LogP contribution in [-0.2, 0) is 6.42 Å². The molecular weight excluding hydrogens is 320 g/mol. The van der Waals surface area contributed by atoms with Crippen LogP contribution in [-0.4, -0.2) is 22.3 Å². The molecule has 5 heteroatoms. The largest absolute Gasteiger partial charge is 0.328 e. The van der Waals surface area contributed by atoms with Gasteiger partial charge in [-0.3, -0.25) is 9.59 Å². The molecule has 0 saturated heterocycles. The first-order valence-electron chi connectivity index (χ1n) is 7.85. The van der Waals surface area contributed by atoms with Crippen LogP contribution in [0.5, 0.6) is 0 Å². The molecule has 1 amide bonds. The van der Waals surface area contributed by atoms with Gasteiger partial charge in [0.25, 0.3) is 5.91 Å². The highest BCUT2D eigenvalue weighted by Crippen LogP contribution is 2.38. The molecule has 0 spiro atoms. The van der Waals surface area contributed by atoms with Crippen molar-refractivity contribution in [2.45, 2.75) is 12.5 Å². The first-order chi connectivity index (χ1) is 11.7. The zero-order valence-corrected chi connectivity index (χ0v) is 13.8. The second-order valence-corrected chi connectivity index (χ2v) is 6.80. The molecule has 1 atom stereocenters. The van der Waals surface area contributed by atoms with Gasteiger partial charge < -0.3 is 9.88 Å². The van der Waals surface area contributed by atoms with Crippen LogP contribution in [0.1, 0.15) is 32.4 Å². The van der Waals surface area contributed by atoms with Crippen LogP contribution in [0, 0.1) is 0 Å². The highest BCUT2D eigenvalue weighted by atomic mass is 32.1. The van der Waals surface area contributed by atoms with Gasteiger partial charge in [0, 0.05) is 23.7 Å². The number of hydrogen-bond donors (Lipinski definition) is 1. The van der Waals surface area contributed by atoms with E-state index in [1.165, 1.54) is 22.7 Å². The van der Waals surface area contributed by atoms with E-state index in [0.717, 1.165) is 12.0 Å². The lowest BCUT2D eigenvalue weighted by atomic mass is 9.93. The Morgan fingerprint density at radius 1 is 1.12 bits per heavy atom. The van der Waals surface area contributed by atoms with E-state index < -0.39 is 0 Å². The summed E-state index contributed by atoms with van der Waals surface area (Å²) in [6, 6.07) is 15.1. The van der Waals surface area contributed by atoms with Crippen molar-refractivity contribution >= 4 is 17.2 Å². The van der Waals surface area contributed by atoms with E-state index in [0.29, 0.717) is 12.1 Å². The van der Waals surface area contributed by atoms with Gasteiger partial charge in [-0.05, 0) is 35.1 Å². The molecule has 1 N–H and O–H groups in total. The SMILES string of the molecule is O=C(c1ccc(=O)[nH]c1)N1CCc2sccc2C1c1ccccc1. The number of H-pyrrole nitrogens is 1. The maximum atomic E-state index is 13.0. The molecule has 3 heterocycles. The van der Waals surface area contributed by atoms with Gasteiger partial charge in [0.1, 0.15) is 0 Å². The topological polar surface area (TPSA) is 53.2 Å². The molecule has 1 aliphatic rings. The van der Waals surface area contributed by atoms with Crippen molar-refractivity contribution in [3.63, 3.8) is 0 Å². The molecule has 120 valence electrons. The number of carbonyl (C=O) groups excluding carboxylic acids is 1. The molecule has 3 aromatic rings. The fourth-order valence-electron chi connectivity index (χ4n) is 3.24. The molecule has 0 fully saturated rings. The molecule has 24 heavy (non-hydrogen) atoms. The highest BCUT2D eigenvalue weighted by Gasteiger charge is 2.33. The average Bonchev–Trinajstić information content (AvgIpc) is 3.10. The molecule has 0 bridgehead atoms. The fourth-order valence-corrected chi connectivity index (χ4v) is 4.14. The number of pyridine rings is 1. The van der Waals surface area contributed by atoms with Gasteiger partial charge in [0.15, 0.2) is 0 Å². The normalized spacial score (nSPS) is 16.7. The summed E-state index contributed by atoms with van der Waals surface area (Å²) < 4.78 is 0. The van der Waals surface area contributed by atoms with E-state index in [2.05, 4.69) is 28.6 Å². The molecule has 4 nitrogen and oxygen atoms in total. The van der Waals surface area contributed by atoms with Crippen molar-refractivity contribution in [1.82, 2.24) is 9.88 Å². The van der Waals surface area contributed by atoms with Gasteiger partial charge in [-0.25, -0.2) is 0 Å². The smallest absolute Gasteiger partial charge is 0.256 e. The van der Waals surface area contributed by atoms with Crippen LogP contribution in [0.4, 0.5) is 0 Å². The van der Waals surface area contributed by atoms with Crippen molar-refractivity contribution in [1.29, 1.82) is 0 Å². The standard InChI is InChI=1S/C19H16N2O2S/c22-17-7-6-14(12-20-17)19(23)21-10-8-16-15(9-11-24-16)18(21)13-4-2-1-3-5-13/h1-7,9,11-12,18H,8,10H2,(H,20,22). The molecule has 4 rings (SSSR count). The van der Waals surface area contributed by atoms with Crippen LogP contribution >= 0.6 is 11.3 Å². The van der Waals surface area contributed by atoms with Gasteiger partial charge in [-0.1, -0.05) is 30.3 Å². The summed E-state index contributed by atoms with van der Waals surface area (Å²) in [5, 5.41) is 2.09. The summed E-state index contributed by atoms with van der Waals surface area (Å²) >= 11 is 1.75. The number of thiophene rings is 1. The zero-order valence-electron chi connectivity index (χ0n) is 12.9. The molecule has 1 unspecified atom stereocenters. The Kier molecular flexibility index (Phi) is 3.78. The molecular formula is C19H16N2O2S. The third-order valence-corrected chi connectivity index (χ3v) is 5.37. The third kappa shape index (κ3) is 2.57. The first-order valence-corrected chi connectivity index (χ1v) is 8.73. The molecule has 0 aliphatic carbocycles. The fraction of sp³-hybridized carbons (Fsp3) is 0.158. The Balaban J connectivity index is 1.77. The summed E-state index contributed by atoms with van der Waals surface area (Å²) in [5.41, 5.74) is 2.61. The van der Waals surface area contributed by atoms with Crippen molar-refractivity contribution in [2.24, 2.45) is 0 Å². The number of aromatic amines is 1. The minimum absolute atomic E-state index is 0.0584. The maximum Gasteiger partial charge on any atom is 0.256 e. The Bertz CT molecular complexity index is 909. The highest BCUT2D eigenvalue weighted by molar-refractivity contribution is 7.10. The minimum Gasteiger partial charge on any atom is -0.328 e. The number of aromatic nitrogens is 1. The summed E-state index contributed by atoms with van der Waals surface area (Å²) in [6.45, 7) is 0.672. The lowest BCUT2D eigenvalue weighted by Crippen LogP contribution is -2.40. The number of rotatable bonds is 2.